The van der Waals surface area contributed by atoms with Crippen molar-refractivity contribution in [1.29, 1.82) is 0 Å². The zero-order valence-electron chi connectivity index (χ0n) is 14.8. The number of rotatable bonds is 4. The maximum atomic E-state index is 13.0. The second-order valence-electron chi connectivity index (χ2n) is 6.13. The molecule has 5 heteroatoms. The zero-order valence-corrected chi connectivity index (χ0v) is 15.5. The molecule has 0 N–H and O–H groups in total. The average Bonchev–Trinajstić information content (AvgIpc) is 2.97. The number of halogens is 1. The summed E-state index contributed by atoms with van der Waals surface area (Å²) in [5, 5.41) is 1.60. The molecule has 0 radical (unpaired) electrons. The number of nitrogens with zero attached hydrogens (tertiary/aromatic N) is 2. The summed E-state index contributed by atoms with van der Waals surface area (Å²) >= 11 is 6.29. The van der Waals surface area contributed by atoms with E-state index in [0.717, 1.165) is 22.2 Å². The highest BCUT2D eigenvalue weighted by Gasteiger charge is 2.23. The van der Waals surface area contributed by atoms with Crippen molar-refractivity contribution in [2.75, 3.05) is 14.2 Å². The summed E-state index contributed by atoms with van der Waals surface area (Å²) in [6, 6.07) is 15.3. The predicted molar refractivity (Wildman–Crippen MR) is 101 cm³/mol. The molecule has 0 bridgehead atoms. The van der Waals surface area contributed by atoms with Crippen molar-refractivity contribution in [1.82, 2.24) is 9.47 Å². The number of para-hydroxylation sites is 1. The Morgan fingerprint density at radius 1 is 1.20 bits per heavy atom. The maximum Gasteiger partial charge on any atom is 0.270 e. The highest BCUT2D eigenvalue weighted by Crippen LogP contribution is 2.29. The molecule has 3 aromatic rings. The highest BCUT2D eigenvalue weighted by molar-refractivity contribution is 6.35. The summed E-state index contributed by atoms with van der Waals surface area (Å²) in [6.07, 6.45) is 0. The second kappa shape index (κ2) is 6.81. The number of aryl methyl sites for hydroxylation is 1. The Labute approximate surface area is 152 Å². The third-order valence-corrected chi connectivity index (χ3v) is 5.01. The monoisotopic (exact) mass is 356 g/mol. The van der Waals surface area contributed by atoms with Gasteiger partial charge in [-0.1, -0.05) is 35.9 Å². The van der Waals surface area contributed by atoms with Gasteiger partial charge in [-0.2, -0.15) is 0 Å². The van der Waals surface area contributed by atoms with Crippen molar-refractivity contribution in [2.45, 2.75) is 13.0 Å². The first-order valence-corrected chi connectivity index (χ1v) is 8.47. The number of methoxy groups -OCH3 is 1. The van der Waals surface area contributed by atoms with E-state index in [1.807, 2.05) is 74.1 Å². The summed E-state index contributed by atoms with van der Waals surface area (Å²) in [5.74, 6) is 0.728. The van der Waals surface area contributed by atoms with E-state index < -0.39 is 0 Å². The van der Waals surface area contributed by atoms with Gasteiger partial charge in [0.1, 0.15) is 11.4 Å². The minimum absolute atomic E-state index is 0.0508. The fourth-order valence-electron chi connectivity index (χ4n) is 3.05. The van der Waals surface area contributed by atoms with Crippen LogP contribution in [0.3, 0.4) is 0 Å². The van der Waals surface area contributed by atoms with E-state index in [1.165, 1.54) is 0 Å². The third kappa shape index (κ3) is 3.10. The standard InChI is InChI=1S/C20H21ClN2O2/c1-13(14-7-5-9-16(11-14)25-4)22(2)20(24)18-12-15-8-6-10-17(21)19(15)23(18)3/h5-13H,1-4H3/t13-/m0/s1. The minimum Gasteiger partial charge on any atom is -0.497 e. The number of carbonyl (C=O) groups is 1. The van der Waals surface area contributed by atoms with Crippen molar-refractivity contribution in [3.05, 3.63) is 64.8 Å². The van der Waals surface area contributed by atoms with Gasteiger partial charge in [-0.15, -0.1) is 0 Å². The summed E-state index contributed by atoms with van der Waals surface area (Å²) in [6.45, 7) is 2.00. The van der Waals surface area contributed by atoms with Gasteiger partial charge in [-0.3, -0.25) is 4.79 Å². The van der Waals surface area contributed by atoms with Gasteiger partial charge >= 0.3 is 0 Å². The molecular weight excluding hydrogens is 336 g/mol. The molecule has 0 unspecified atom stereocenters. The molecule has 0 aliphatic rings. The van der Waals surface area contributed by atoms with Gasteiger partial charge in [0.25, 0.3) is 5.91 Å². The van der Waals surface area contributed by atoms with Crippen molar-refractivity contribution in [2.24, 2.45) is 7.05 Å². The lowest BCUT2D eigenvalue weighted by Gasteiger charge is -2.26. The largest absolute Gasteiger partial charge is 0.497 e. The minimum atomic E-state index is -0.0870. The van der Waals surface area contributed by atoms with E-state index in [-0.39, 0.29) is 11.9 Å². The van der Waals surface area contributed by atoms with Crippen LogP contribution in [-0.4, -0.2) is 29.5 Å². The van der Waals surface area contributed by atoms with Gasteiger partial charge in [-0.25, -0.2) is 0 Å². The number of fused-ring (bicyclic) bond motifs is 1. The maximum absolute atomic E-state index is 13.0. The van der Waals surface area contributed by atoms with Crippen molar-refractivity contribution in [3.63, 3.8) is 0 Å². The van der Waals surface area contributed by atoms with E-state index in [1.54, 1.807) is 12.0 Å². The van der Waals surface area contributed by atoms with Gasteiger partial charge in [0, 0.05) is 19.5 Å². The number of amides is 1. The molecule has 1 atom stereocenters. The molecule has 3 rings (SSSR count). The van der Waals surface area contributed by atoms with Crippen LogP contribution in [0.15, 0.2) is 48.5 Å². The van der Waals surface area contributed by atoms with Crippen LogP contribution in [0.4, 0.5) is 0 Å². The Balaban J connectivity index is 1.94. The first-order chi connectivity index (χ1) is 11.9. The van der Waals surface area contributed by atoms with E-state index >= 15 is 0 Å². The van der Waals surface area contributed by atoms with Crippen LogP contribution in [0.5, 0.6) is 5.75 Å². The summed E-state index contributed by atoms with van der Waals surface area (Å²) in [7, 11) is 5.31. The van der Waals surface area contributed by atoms with Crippen LogP contribution >= 0.6 is 11.6 Å². The van der Waals surface area contributed by atoms with Gasteiger partial charge in [0.15, 0.2) is 0 Å². The summed E-state index contributed by atoms with van der Waals surface area (Å²) < 4.78 is 7.14. The molecule has 0 fully saturated rings. The van der Waals surface area contributed by atoms with E-state index in [4.69, 9.17) is 16.3 Å². The molecule has 0 aliphatic heterocycles. The quantitative estimate of drug-likeness (QED) is 0.680. The lowest BCUT2D eigenvalue weighted by atomic mass is 10.1. The molecule has 25 heavy (non-hydrogen) atoms. The van der Waals surface area contributed by atoms with Gasteiger partial charge in [0.05, 0.1) is 23.7 Å². The van der Waals surface area contributed by atoms with Crippen LogP contribution in [0, 0.1) is 0 Å². The molecule has 1 aromatic heterocycles. The van der Waals surface area contributed by atoms with E-state index in [2.05, 4.69) is 0 Å². The summed E-state index contributed by atoms with van der Waals surface area (Å²) in [4.78, 5) is 14.8. The number of aromatic nitrogens is 1. The van der Waals surface area contributed by atoms with E-state index in [9.17, 15) is 4.79 Å². The van der Waals surface area contributed by atoms with E-state index in [0.29, 0.717) is 10.7 Å². The molecule has 2 aromatic carbocycles. The molecule has 0 spiro atoms. The Bertz CT molecular complexity index is 933. The molecular formula is C20H21ClN2O2. The lowest BCUT2D eigenvalue weighted by Crippen LogP contribution is -2.31. The highest BCUT2D eigenvalue weighted by atomic mass is 35.5. The lowest BCUT2D eigenvalue weighted by molar-refractivity contribution is 0.0733. The van der Waals surface area contributed by atoms with Crippen molar-refractivity contribution in [3.8, 4) is 5.75 Å². The van der Waals surface area contributed by atoms with Crippen LogP contribution in [0.1, 0.15) is 29.0 Å². The number of ether oxygens (including phenoxy) is 1. The Morgan fingerprint density at radius 3 is 2.60 bits per heavy atom. The molecule has 0 aliphatic carbocycles. The molecule has 1 amide bonds. The normalized spacial score (nSPS) is 12.2. The van der Waals surface area contributed by atoms with Crippen LogP contribution in [-0.2, 0) is 7.05 Å². The molecule has 4 nitrogen and oxygen atoms in total. The number of hydrogen-bond donors (Lipinski definition) is 0. The fraction of sp³-hybridized carbons (Fsp3) is 0.250. The van der Waals surface area contributed by atoms with Crippen LogP contribution in [0.2, 0.25) is 5.02 Å². The van der Waals surface area contributed by atoms with Gasteiger partial charge in [0.2, 0.25) is 0 Å². The Hall–Kier alpha value is -2.46. The molecule has 1 heterocycles. The first kappa shape index (κ1) is 17.4. The predicted octanol–water partition coefficient (Wildman–Crippen LogP) is 4.67. The number of benzene rings is 2. The van der Waals surface area contributed by atoms with Crippen LogP contribution in [0.25, 0.3) is 10.9 Å². The average molecular weight is 357 g/mol. The topological polar surface area (TPSA) is 34.5 Å². The Kier molecular flexibility index (Phi) is 4.73. The zero-order chi connectivity index (χ0) is 18.1. The number of carbonyl (C=O) groups excluding carboxylic acids is 1. The molecule has 0 saturated heterocycles. The smallest absolute Gasteiger partial charge is 0.270 e. The SMILES string of the molecule is COc1cccc([C@H](C)N(C)C(=O)c2cc3cccc(Cl)c3n2C)c1. The first-order valence-electron chi connectivity index (χ1n) is 8.09. The molecule has 130 valence electrons. The second-order valence-corrected chi connectivity index (χ2v) is 6.54. The third-order valence-electron chi connectivity index (χ3n) is 4.70. The van der Waals surface area contributed by atoms with Gasteiger partial charge in [-0.05, 0) is 36.8 Å². The number of hydrogen-bond acceptors (Lipinski definition) is 2. The molecule has 0 saturated carbocycles. The summed E-state index contributed by atoms with van der Waals surface area (Å²) in [5.41, 5.74) is 2.50. The van der Waals surface area contributed by atoms with Crippen LogP contribution < -0.4 is 4.74 Å². The van der Waals surface area contributed by atoms with Crippen molar-refractivity contribution >= 4 is 28.4 Å². The van der Waals surface area contributed by atoms with Crippen molar-refractivity contribution < 1.29 is 9.53 Å². The Morgan fingerprint density at radius 2 is 1.92 bits per heavy atom. The van der Waals surface area contributed by atoms with Gasteiger partial charge < -0.3 is 14.2 Å². The fourth-order valence-corrected chi connectivity index (χ4v) is 3.36.